The monoisotopic (exact) mass is 330 g/mol. The van der Waals surface area contributed by atoms with Gasteiger partial charge < -0.3 is 9.72 Å². The highest BCUT2D eigenvalue weighted by Gasteiger charge is 2.13. The highest BCUT2D eigenvalue weighted by atomic mass is 79.9. The molecule has 3 rings (SSSR count). The molecule has 0 amide bonds. The number of ether oxygens (including phenoxy) is 1. The lowest BCUT2D eigenvalue weighted by molar-refractivity contribution is 0.414. The summed E-state index contributed by atoms with van der Waals surface area (Å²) in [5.41, 5.74) is 3.25. The minimum Gasteiger partial charge on any atom is -0.497 e. The van der Waals surface area contributed by atoms with Crippen molar-refractivity contribution in [2.45, 2.75) is 12.8 Å². The smallest absolute Gasteiger partial charge is 0.118 e. The summed E-state index contributed by atoms with van der Waals surface area (Å²) in [4.78, 5) is 8.06. The maximum Gasteiger partial charge on any atom is 0.118 e. The molecule has 0 spiro atoms. The fourth-order valence-corrected chi connectivity index (χ4v) is 2.62. The first-order valence-corrected chi connectivity index (χ1v) is 7.26. The standard InChI is InChI=1S/C16H15BrN2O/c1-10(11-3-6-13(20-2)7-4-11)16-18-14-8-5-12(17)9-15(14)19-16/h3-10H,1-2H3,(H,18,19). The van der Waals surface area contributed by atoms with Gasteiger partial charge in [0.15, 0.2) is 0 Å². The lowest BCUT2D eigenvalue weighted by Crippen LogP contribution is -1.98. The van der Waals surface area contributed by atoms with Crippen LogP contribution in [0.25, 0.3) is 11.0 Å². The third-order valence-corrected chi connectivity index (χ3v) is 3.98. The van der Waals surface area contributed by atoms with Crippen LogP contribution < -0.4 is 4.74 Å². The van der Waals surface area contributed by atoms with E-state index in [4.69, 9.17) is 4.74 Å². The van der Waals surface area contributed by atoms with Crippen LogP contribution in [0.4, 0.5) is 0 Å². The van der Waals surface area contributed by atoms with Gasteiger partial charge in [0.05, 0.1) is 18.1 Å². The number of rotatable bonds is 3. The van der Waals surface area contributed by atoms with E-state index in [0.29, 0.717) is 0 Å². The molecule has 3 aromatic rings. The summed E-state index contributed by atoms with van der Waals surface area (Å²) in [6, 6.07) is 14.2. The first-order chi connectivity index (χ1) is 9.67. The van der Waals surface area contributed by atoms with E-state index < -0.39 is 0 Å². The van der Waals surface area contributed by atoms with Gasteiger partial charge in [0.2, 0.25) is 0 Å². The summed E-state index contributed by atoms with van der Waals surface area (Å²) in [5.74, 6) is 2.06. The Morgan fingerprint density at radius 3 is 2.60 bits per heavy atom. The maximum atomic E-state index is 5.19. The molecule has 4 heteroatoms. The molecule has 102 valence electrons. The molecule has 1 heterocycles. The SMILES string of the molecule is COc1ccc(C(C)c2nc3ccc(Br)cc3[nH]2)cc1. The van der Waals surface area contributed by atoms with Crippen LogP contribution in [-0.4, -0.2) is 17.1 Å². The van der Waals surface area contributed by atoms with E-state index in [2.05, 4.69) is 45.0 Å². The van der Waals surface area contributed by atoms with Gasteiger partial charge in [-0.2, -0.15) is 0 Å². The van der Waals surface area contributed by atoms with Crippen molar-refractivity contribution in [1.29, 1.82) is 0 Å². The molecule has 1 N–H and O–H groups in total. The van der Waals surface area contributed by atoms with Gasteiger partial charge in [-0.3, -0.25) is 0 Å². The van der Waals surface area contributed by atoms with Crippen LogP contribution in [0, 0.1) is 0 Å². The van der Waals surface area contributed by atoms with Crippen molar-refractivity contribution in [1.82, 2.24) is 9.97 Å². The van der Waals surface area contributed by atoms with E-state index in [1.807, 2.05) is 30.3 Å². The highest BCUT2D eigenvalue weighted by molar-refractivity contribution is 9.10. The van der Waals surface area contributed by atoms with Crippen LogP contribution in [-0.2, 0) is 0 Å². The predicted molar refractivity (Wildman–Crippen MR) is 84.3 cm³/mol. The number of imidazole rings is 1. The van der Waals surface area contributed by atoms with Crippen LogP contribution in [0.15, 0.2) is 46.9 Å². The summed E-state index contributed by atoms with van der Waals surface area (Å²) in [7, 11) is 1.68. The van der Waals surface area contributed by atoms with E-state index >= 15 is 0 Å². The fourth-order valence-electron chi connectivity index (χ4n) is 2.26. The quantitative estimate of drug-likeness (QED) is 0.768. The Labute approximate surface area is 126 Å². The van der Waals surface area contributed by atoms with Gasteiger partial charge in [0, 0.05) is 10.4 Å². The van der Waals surface area contributed by atoms with E-state index in [9.17, 15) is 0 Å². The van der Waals surface area contributed by atoms with Crippen molar-refractivity contribution < 1.29 is 4.74 Å². The predicted octanol–water partition coefficient (Wildman–Crippen LogP) is 4.49. The van der Waals surface area contributed by atoms with Crippen LogP contribution in [0.2, 0.25) is 0 Å². The third-order valence-electron chi connectivity index (χ3n) is 3.49. The molecule has 2 aromatic carbocycles. The van der Waals surface area contributed by atoms with Gasteiger partial charge in [-0.1, -0.05) is 35.0 Å². The first-order valence-electron chi connectivity index (χ1n) is 6.46. The van der Waals surface area contributed by atoms with Gasteiger partial charge >= 0.3 is 0 Å². The zero-order valence-electron chi connectivity index (χ0n) is 11.4. The van der Waals surface area contributed by atoms with E-state index in [1.54, 1.807) is 7.11 Å². The molecule has 20 heavy (non-hydrogen) atoms. The van der Waals surface area contributed by atoms with Crippen molar-refractivity contribution in [3.05, 3.63) is 58.3 Å². The number of halogens is 1. The number of aromatic amines is 1. The normalized spacial score (nSPS) is 12.6. The zero-order chi connectivity index (χ0) is 14.1. The summed E-state index contributed by atoms with van der Waals surface area (Å²) in [6.45, 7) is 2.15. The highest BCUT2D eigenvalue weighted by Crippen LogP contribution is 2.26. The van der Waals surface area contributed by atoms with Crippen LogP contribution in [0.3, 0.4) is 0 Å². The van der Waals surface area contributed by atoms with Gasteiger partial charge in [-0.05, 0) is 35.9 Å². The third kappa shape index (κ3) is 2.43. The number of H-pyrrole nitrogens is 1. The summed E-state index contributed by atoms with van der Waals surface area (Å²) >= 11 is 3.48. The molecule has 0 aliphatic rings. The Morgan fingerprint density at radius 2 is 1.90 bits per heavy atom. The van der Waals surface area contributed by atoms with Crippen molar-refractivity contribution in [3.63, 3.8) is 0 Å². The van der Waals surface area contributed by atoms with Gasteiger partial charge in [0.25, 0.3) is 0 Å². The van der Waals surface area contributed by atoms with Crippen LogP contribution in [0.1, 0.15) is 24.2 Å². The number of nitrogens with one attached hydrogen (secondary N) is 1. The largest absolute Gasteiger partial charge is 0.497 e. The van der Waals surface area contributed by atoms with Gasteiger partial charge in [-0.15, -0.1) is 0 Å². The summed E-state index contributed by atoms with van der Waals surface area (Å²) in [6.07, 6.45) is 0. The van der Waals surface area contributed by atoms with E-state index in [-0.39, 0.29) is 5.92 Å². The molecule has 0 bridgehead atoms. The lowest BCUT2D eigenvalue weighted by atomic mass is 10.0. The minimum absolute atomic E-state index is 0.215. The van der Waals surface area contributed by atoms with Crippen LogP contribution >= 0.6 is 15.9 Å². The number of hydrogen-bond acceptors (Lipinski definition) is 2. The molecule has 3 nitrogen and oxygen atoms in total. The van der Waals surface area contributed by atoms with Gasteiger partial charge in [-0.25, -0.2) is 4.98 Å². The topological polar surface area (TPSA) is 37.9 Å². The minimum atomic E-state index is 0.215. The molecule has 1 unspecified atom stereocenters. The molecule has 0 aliphatic carbocycles. The Hall–Kier alpha value is -1.81. The number of benzene rings is 2. The van der Waals surface area contributed by atoms with Crippen LogP contribution in [0.5, 0.6) is 5.75 Å². The van der Waals surface area contributed by atoms with E-state index in [0.717, 1.165) is 27.1 Å². The molecule has 1 aromatic heterocycles. The second-order valence-corrected chi connectivity index (χ2v) is 5.69. The van der Waals surface area contributed by atoms with Crippen molar-refractivity contribution in [3.8, 4) is 5.75 Å². The molecule has 1 atom stereocenters. The molecule has 0 aliphatic heterocycles. The number of fused-ring (bicyclic) bond motifs is 1. The number of hydrogen-bond donors (Lipinski definition) is 1. The van der Waals surface area contributed by atoms with E-state index in [1.165, 1.54) is 5.56 Å². The average molecular weight is 331 g/mol. The Morgan fingerprint density at radius 1 is 1.15 bits per heavy atom. The fraction of sp³-hybridized carbons (Fsp3) is 0.188. The summed E-state index contributed by atoms with van der Waals surface area (Å²) < 4.78 is 6.24. The Kier molecular flexibility index (Phi) is 3.49. The average Bonchev–Trinajstić information content (AvgIpc) is 2.89. The summed E-state index contributed by atoms with van der Waals surface area (Å²) in [5, 5.41) is 0. The lowest BCUT2D eigenvalue weighted by Gasteiger charge is -2.09. The van der Waals surface area contributed by atoms with Gasteiger partial charge in [0.1, 0.15) is 11.6 Å². The molecular weight excluding hydrogens is 316 g/mol. The molecular formula is C16H15BrN2O. The Bertz CT molecular complexity index is 734. The van der Waals surface area contributed by atoms with Crippen molar-refractivity contribution >= 4 is 27.0 Å². The number of aromatic nitrogens is 2. The zero-order valence-corrected chi connectivity index (χ0v) is 12.9. The molecule has 0 saturated heterocycles. The number of methoxy groups -OCH3 is 1. The molecule has 0 fully saturated rings. The second kappa shape index (κ2) is 5.29. The maximum absolute atomic E-state index is 5.19. The van der Waals surface area contributed by atoms with Crippen molar-refractivity contribution in [2.24, 2.45) is 0 Å². The first kappa shape index (κ1) is 13.2. The number of nitrogens with zero attached hydrogens (tertiary/aromatic N) is 1. The van der Waals surface area contributed by atoms with Crippen molar-refractivity contribution in [2.75, 3.05) is 7.11 Å². The Balaban J connectivity index is 1.96. The second-order valence-electron chi connectivity index (χ2n) is 4.78. The molecule has 0 saturated carbocycles. The molecule has 0 radical (unpaired) electrons.